The smallest absolute Gasteiger partial charge is 0.244 e. The Kier molecular flexibility index (Phi) is 9.51. The van der Waals surface area contributed by atoms with Gasteiger partial charge in [0, 0.05) is 28.7 Å². The minimum atomic E-state index is -3.90. The van der Waals surface area contributed by atoms with Gasteiger partial charge in [0.25, 0.3) is 0 Å². The van der Waals surface area contributed by atoms with Crippen molar-refractivity contribution in [2.24, 2.45) is 0 Å². The molecule has 2 aromatic carbocycles. The van der Waals surface area contributed by atoms with Crippen LogP contribution in [-0.2, 0) is 26.2 Å². The van der Waals surface area contributed by atoms with E-state index >= 15 is 0 Å². The molecule has 11 heteroatoms. The van der Waals surface area contributed by atoms with Crippen molar-refractivity contribution in [2.75, 3.05) is 23.7 Å². The molecule has 0 aliphatic heterocycles. The normalized spacial score (nSPS) is 12.2. The molecule has 0 saturated carbocycles. The molecule has 7 nitrogen and oxygen atoms in total. The predicted octanol–water partition coefficient (Wildman–Crippen LogP) is 3.84. The number of carbonyl (C=O) groups is 2. The highest BCUT2D eigenvalue weighted by molar-refractivity contribution is 7.92. The Balaban J connectivity index is 2.48. The van der Waals surface area contributed by atoms with Crippen LogP contribution < -0.4 is 9.62 Å². The van der Waals surface area contributed by atoms with E-state index in [0.29, 0.717) is 22.2 Å². The lowest BCUT2D eigenvalue weighted by Crippen LogP contribution is -2.52. The molecule has 0 saturated heterocycles. The summed E-state index contributed by atoms with van der Waals surface area (Å²) in [6, 6.07) is 8.71. The number of benzene rings is 2. The maximum Gasteiger partial charge on any atom is 0.244 e. The lowest BCUT2D eigenvalue weighted by molar-refractivity contribution is -0.140. The van der Waals surface area contributed by atoms with Gasteiger partial charge >= 0.3 is 0 Å². The molecular formula is C22H26Cl2FN3O4S. The van der Waals surface area contributed by atoms with E-state index in [4.69, 9.17) is 23.2 Å². The third kappa shape index (κ3) is 7.06. The van der Waals surface area contributed by atoms with Crippen LogP contribution in [0.4, 0.5) is 10.1 Å². The average Bonchev–Trinajstić information content (AvgIpc) is 2.74. The fraction of sp³-hybridized carbons (Fsp3) is 0.364. The second-order valence-electron chi connectivity index (χ2n) is 7.29. The van der Waals surface area contributed by atoms with Crippen LogP contribution in [0.5, 0.6) is 0 Å². The zero-order chi connectivity index (χ0) is 24.8. The van der Waals surface area contributed by atoms with Crippen molar-refractivity contribution in [1.29, 1.82) is 0 Å². The molecule has 2 aromatic rings. The van der Waals surface area contributed by atoms with Gasteiger partial charge in [0.05, 0.1) is 11.9 Å². The second kappa shape index (κ2) is 11.7. The minimum Gasteiger partial charge on any atom is -0.355 e. The van der Waals surface area contributed by atoms with Gasteiger partial charge in [-0.05, 0) is 49.7 Å². The molecule has 1 N–H and O–H groups in total. The van der Waals surface area contributed by atoms with Crippen LogP contribution in [0.15, 0.2) is 42.5 Å². The number of likely N-dealkylation sites (N-methyl/N-ethyl adjacent to an activating group) is 1. The van der Waals surface area contributed by atoms with Gasteiger partial charge in [0.1, 0.15) is 18.4 Å². The summed E-state index contributed by atoms with van der Waals surface area (Å²) in [4.78, 5) is 27.4. The van der Waals surface area contributed by atoms with E-state index in [2.05, 4.69) is 5.32 Å². The predicted molar refractivity (Wildman–Crippen MR) is 128 cm³/mol. The number of sulfonamides is 1. The number of carbonyl (C=O) groups excluding carboxylic acids is 2. The third-order valence-corrected chi connectivity index (χ3v) is 6.77. The molecule has 0 radical (unpaired) electrons. The Hall–Kier alpha value is -2.36. The van der Waals surface area contributed by atoms with Crippen LogP contribution in [0.2, 0.25) is 10.0 Å². The first kappa shape index (κ1) is 26.9. The molecule has 33 heavy (non-hydrogen) atoms. The standard InChI is InChI=1S/C22H26Cl2FN3O4S/c1-4-20(22(30)26-5-2)27(13-17-18(23)7-6-8-19(17)24)21(29)14-28(33(3,31)32)16-11-9-15(25)10-12-16/h6-12,20H,4-5,13-14H2,1-3H3,(H,26,30). The van der Waals surface area contributed by atoms with Crippen molar-refractivity contribution in [3.05, 3.63) is 63.9 Å². The first-order valence-corrected chi connectivity index (χ1v) is 12.8. The Morgan fingerprint density at radius 3 is 2.12 bits per heavy atom. The van der Waals surface area contributed by atoms with Crippen molar-refractivity contribution in [1.82, 2.24) is 10.2 Å². The van der Waals surface area contributed by atoms with Gasteiger partial charge in [-0.2, -0.15) is 0 Å². The first-order chi connectivity index (χ1) is 15.5. The Labute approximate surface area is 203 Å². The highest BCUT2D eigenvalue weighted by Gasteiger charge is 2.32. The SMILES string of the molecule is CCNC(=O)C(CC)N(Cc1c(Cl)cccc1Cl)C(=O)CN(c1ccc(F)cc1)S(C)(=O)=O. The minimum absolute atomic E-state index is 0.103. The van der Waals surface area contributed by atoms with E-state index in [9.17, 15) is 22.4 Å². The van der Waals surface area contributed by atoms with Crippen LogP contribution >= 0.6 is 23.2 Å². The second-order valence-corrected chi connectivity index (χ2v) is 10.0. The molecule has 0 aliphatic rings. The van der Waals surface area contributed by atoms with Gasteiger partial charge in [-0.1, -0.05) is 36.2 Å². The zero-order valence-corrected chi connectivity index (χ0v) is 20.8. The summed E-state index contributed by atoms with van der Waals surface area (Å²) in [5.74, 6) is -1.57. The maximum atomic E-state index is 13.5. The number of hydrogen-bond donors (Lipinski definition) is 1. The third-order valence-electron chi connectivity index (χ3n) is 4.92. The number of nitrogens with one attached hydrogen (secondary N) is 1. The molecule has 1 atom stereocenters. The summed E-state index contributed by atoms with van der Waals surface area (Å²) in [7, 11) is -3.90. The zero-order valence-electron chi connectivity index (χ0n) is 18.5. The number of rotatable bonds is 10. The van der Waals surface area contributed by atoms with E-state index in [1.165, 1.54) is 17.0 Å². The molecular weight excluding hydrogens is 492 g/mol. The van der Waals surface area contributed by atoms with Crippen molar-refractivity contribution in [3.63, 3.8) is 0 Å². The molecule has 0 spiro atoms. The molecule has 0 aromatic heterocycles. The Bertz CT molecular complexity index is 1080. The summed E-state index contributed by atoms with van der Waals surface area (Å²) in [6.45, 7) is 3.15. The number of anilines is 1. The highest BCUT2D eigenvalue weighted by atomic mass is 35.5. The molecule has 0 fully saturated rings. The van der Waals surface area contributed by atoms with Crippen LogP contribution in [0.1, 0.15) is 25.8 Å². The van der Waals surface area contributed by atoms with Gasteiger partial charge < -0.3 is 10.2 Å². The summed E-state index contributed by atoms with van der Waals surface area (Å²) in [5.41, 5.74) is 0.554. The van der Waals surface area contributed by atoms with Crippen molar-refractivity contribution in [2.45, 2.75) is 32.9 Å². The monoisotopic (exact) mass is 517 g/mol. The van der Waals surface area contributed by atoms with Crippen LogP contribution in [-0.4, -0.2) is 50.5 Å². The molecule has 1 unspecified atom stereocenters. The Morgan fingerprint density at radius 2 is 1.64 bits per heavy atom. The van der Waals surface area contributed by atoms with Crippen LogP contribution in [0.3, 0.4) is 0 Å². The van der Waals surface area contributed by atoms with E-state index in [1.807, 2.05) is 0 Å². The van der Waals surface area contributed by atoms with Crippen LogP contribution in [0, 0.1) is 5.82 Å². The fourth-order valence-electron chi connectivity index (χ4n) is 3.29. The van der Waals surface area contributed by atoms with E-state index in [-0.39, 0.29) is 24.6 Å². The molecule has 0 bridgehead atoms. The van der Waals surface area contributed by atoms with Gasteiger partial charge in [0.2, 0.25) is 21.8 Å². The molecule has 2 rings (SSSR count). The van der Waals surface area contributed by atoms with Crippen LogP contribution in [0.25, 0.3) is 0 Å². The van der Waals surface area contributed by atoms with Crippen molar-refractivity contribution >= 4 is 50.7 Å². The highest BCUT2D eigenvalue weighted by Crippen LogP contribution is 2.27. The molecule has 0 heterocycles. The van der Waals surface area contributed by atoms with Crippen molar-refractivity contribution in [3.8, 4) is 0 Å². The van der Waals surface area contributed by atoms with Gasteiger partial charge in [-0.25, -0.2) is 12.8 Å². The first-order valence-electron chi connectivity index (χ1n) is 10.2. The van der Waals surface area contributed by atoms with Crippen molar-refractivity contribution < 1.29 is 22.4 Å². The average molecular weight is 518 g/mol. The van der Waals surface area contributed by atoms with E-state index < -0.39 is 34.3 Å². The quantitative estimate of drug-likeness (QED) is 0.518. The summed E-state index contributed by atoms with van der Waals surface area (Å²) in [6.07, 6.45) is 1.22. The molecule has 0 aliphatic carbocycles. The van der Waals surface area contributed by atoms with Gasteiger partial charge in [-0.15, -0.1) is 0 Å². The van der Waals surface area contributed by atoms with E-state index in [0.717, 1.165) is 22.7 Å². The molecule has 180 valence electrons. The summed E-state index contributed by atoms with van der Waals surface area (Å²) in [5, 5.41) is 3.32. The van der Waals surface area contributed by atoms with Gasteiger partial charge in [0.15, 0.2) is 0 Å². The molecule has 2 amide bonds. The number of hydrogen-bond acceptors (Lipinski definition) is 4. The number of amides is 2. The van der Waals surface area contributed by atoms with E-state index in [1.54, 1.807) is 32.0 Å². The topological polar surface area (TPSA) is 86.8 Å². The lowest BCUT2D eigenvalue weighted by Gasteiger charge is -2.33. The summed E-state index contributed by atoms with van der Waals surface area (Å²) < 4.78 is 39.1. The maximum absolute atomic E-state index is 13.5. The largest absolute Gasteiger partial charge is 0.355 e. The fourth-order valence-corrected chi connectivity index (χ4v) is 4.65. The van der Waals surface area contributed by atoms with Gasteiger partial charge in [-0.3, -0.25) is 13.9 Å². The number of halogens is 3. The number of nitrogens with zero attached hydrogens (tertiary/aromatic N) is 2. The summed E-state index contributed by atoms with van der Waals surface area (Å²) >= 11 is 12.6. The Morgan fingerprint density at radius 1 is 1.06 bits per heavy atom. The lowest BCUT2D eigenvalue weighted by atomic mass is 10.1.